The summed E-state index contributed by atoms with van der Waals surface area (Å²) < 4.78 is 38.9. The molecule has 0 bridgehead atoms. The summed E-state index contributed by atoms with van der Waals surface area (Å²) >= 11 is 0. The molecule has 0 amide bonds. The van der Waals surface area contributed by atoms with Crippen molar-refractivity contribution in [1.29, 1.82) is 0 Å². The summed E-state index contributed by atoms with van der Waals surface area (Å²) in [6.45, 7) is 3.18. The molecule has 0 aliphatic carbocycles. The molecular formula is C11H25F3Si2. The van der Waals surface area contributed by atoms with Crippen LogP contribution in [0.25, 0.3) is 0 Å². The number of hydrogen-bond donors (Lipinski definition) is 0. The Labute approximate surface area is 101 Å². The fourth-order valence-corrected chi connectivity index (χ4v) is 9.12. The van der Waals surface area contributed by atoms with E-state index in [4.69, 9.17) is 0 Å². The van der Waals surface area contributed by atoms with Crippen LogP contribution in [0, 0.1) is 0 Å². The van der Waals surface area contributed by atoms with Crippen molar-refractivity contribution in [2.45, 2.75) is 63.1 Å². The van der Waals surface area contributed by atoms with Gasteiger partial charge in [0.05, 0.1) is 0 Å². The highest BCUT2D eigenvalue weighted by Gasteiger charge is 2.31. The molecule has 0 spiro atoms. The van der Waals surface area contributed by atoms with Crippen LogP contribution in [-0.2, 0) is 0 Å². The minimum absolute atomic E-state index is 0.388. The molecule has 1 atom stereocenters. The van der Waals surface area contributed by atoms with Gasteiger partial charge in [0.15, 0.2) is 0 Å². The van der Waals surface area contributed by atoms with Crippen molar-refractivity contribution in [3.05, 3.63) is 0 Å². The van der Waals surface area contributed by atoms with Crippen LogP contribution in [0.4, 0.5) is 12.9 Å². The van der Waals surface area contributed by atoms with E-state index >= 15 is 0 Å². The largest absolute Gasteiger partial charge is 0.314 e. The Bertz CT molecular complexity index is 161. The molecule has 0 nitrogen and oxygen atoms in total. The van der Waals surface area contributed by atoms with Gasteiger partial charge in [-0.15, -0.1) is 0 Å². The minimum Gasteiger partial charge on any atom is -0.314 e. The van der Waals surface area contributed by atoms with Crippen molar-refractivity contribution in [3.8, 4) is 0 Å². The molecular weight excluding hydrogens is 245 g/mol. The number of rotatable bonds is 10. The average molecular weight is 270 g/mol. The zero-order valence-electron chi connectivity index (χ0n) is 10.6. The topological polar surface area (TPSA) is 0 Å². The predicted molar refractivity (Wildman–Crippen MR) is 70.9 cm³/mol. The highest BCUT2D eigenvalue weighted by atomic mass is 28.4. The summed E-state index contributed by atoms with van der Waals surface area (Å²) in [5, 5.41) is 0. The Morgan fingerprint density at radius 3 is 2.12 bits per heavy atom. The molecule has 0 aromatic heterocycles. The Hall–Kier alpha value is 0.224. The van der Waals surface area contributed by atoms with Gasteiger partial charge in [-0.3, -0.25) is 0 Å². The molecule has 0 aliphatic heterocycles. The first-order valence-electron chi connectivity index (χ1n) is 6.47. The quantitative estimate of drug-likeness (QED) is 0.319. The Balaban J connectivity index is 3.75. The third-order valence-electron chi connectivity index (χ3n) is 2.96. The number of halogens is 3. The van der Waals surface area contributed by atoms with Gasteiger partial charge in [-0.25, -0.2) is 8.78 Å². The second kappa shape index (κ2) is 9.27. The first kappa shape index (κ1) is 16.2. The Kier molecular flexibility index (Phi) is 9.40. The van der Waals surface area contributed by atoms with E-state index in [1.54, 1.807) is 0 Å². The summed E-state index contributed by atoms with van der Waals surface area (Å²) in [7, 11) is -3.09. The summed E-state index contributed by atoms with van der Waals surface area (Å²) in [6.07, 6.45) is 0.556. The Morgan fingerprint density at radius 2 is 1.69 bits per heavy atom. The summed E-state index contributed by atoms with van der Waals surface area (Å²) in [6, 6.07) is 3.44. The van der Waals surface area contributed by atoms with E-state index in [0.29, 0.717) is 12.1 Å². The molecule has 16 heavy (non-hydrogen) atoms. The second-order valence-electron chi connectivity index (χ2n) is 4.65. The fraction of sp³-hybridized carbons (Fsp3) is 1.00. The maximum Gasteiger partial charge on any atom is 0.246 e. The SMILES string of the molecule is CCC[Si](F)(CCC)CC[SiH2]CC(F)CF. The summed E-state index contributed by atoms with van der Waals surface area (Å²) in [4.78, 5) is 0. The van der Waals surface area contributed by atoms with Crippen LogP contribution < -0.4 is 0 Å². The van der Waals surface area contributed by atoms with E-state index in [9.17, 15) is 12.9 Å². The van der Waals surface area contributed by atoms with Gasteiger partial charge in [0, 0.05) is 9.52 Å². The van der Waals surface area contributed by atoms with Gasteiger partial charge in [0.1, 0.15) is 12.8 Å². The van der Waals surface area contributed by atoms with Crippen molar-refractivity contribution in [3.63, 3.8) is 0 Å². The molecule has 0 aliphatic rings. The standard InChI is InChI=1S/C11H25F3Si2/c1-3-6-16(14,7-4-2)8-5-15-10-11(13)9-12/h11H,3-10,15H2,1-2H3. The molecule has 0 saturated carbocycles. The third kappa shape index (κ3) is 7.49. The van der Waals surface area contributed by atoms with E-state index in [1.165, 1.54) is 0 Å². The van der Waals surface area contributed by atoms with Crippen LogP contribution in [-0.4, -0.2) is 30.8 Å². The fourth-order valence-electron chi connectivity index (χ4n) is 2.16. The molecule has 0 aromatic carbocycles. The van der Waals surface area contributed by atoms with Crippen molar-refractivity contribution >= 4 is 17.9 Å². The van der Waals surface area contributed by atoms with Crippen LogP contribution in [0.3, 0.4) is 0 Å². The van der Waals surface area contributed by atoms with E-state index < -0.39 is 30.8 Å². The van der Waals surface area contributed by atoms with E-state index in [0.717, 1.165) is 31.0 Å². The molecule has 5 heteroatoms. The normalized spacial score (nSPS) is 14.8. The monoisotopic (exact) mass is 270 g/mol. The van der Waals surface area contributed by atoms with Gasteiger partial charge in [-0.05, 0) is 24.2 Å². The third-order valence-corrected chi connectivity index (χ3v) is 9.59. The maximum atomic E-state index is 14.4. The molecule has 0 N–H and O–H groups in total. The van der Waals surface area contributed by atoms with Crippen LogP contribution >= 0.6 is 0 Å². The van der Waals surface area contributed by atoms with Gasteiger partial charge in [0.2, 0.25) is 8.41 Å². The lowest BCUT2D eigenvalue weighted by Crippen LogP contribution is -2.28. The lowest BCUT2D eigenvalue weighted by molar-refractivity contribution is 0.281. The molecule has 0 radical (unpaired) electrons. The van der Waals surface area contributed by atoms with E-state index in [1.807, 2.05) is 13.8 Å². The number of hydrogen-bond acceptors (Lipinski definition) is 0. The smallest absolute Gasteiger partial charge is 0.246 e. The van der Waals surface area contributed by atoms with Gasteiger partial charge in [-0.1, -0.05) is 32.7 Å². The van der Waals surface area contributed by atoms with Crippen LogP contribution in [0.5, 0.6) is 0 Å². The van der Waals surface area contributed by atoms with Gasteiger partial charge in [0.25, 0.3) is 0 Å². The molecule has 0 aromatic rings. The molecule has 0 heterocycles. The van der Waals surface area contributed by atoms with Gasteiger partial charge in [-0.2, -0.15) is 0 Å². The minimum atomic E-state index is -2.51. The molecule has 0 rings (SSSR count). The van der Waals surface area contributed by atoms with E-state index in [-0.39, 0.29) is 0 Å². The molecule has 1 unspecified atom stereocenters. The van der Waals surface area contributed by atoms with Crippen molar-refractivity contribution in [2.24, 2.45) is 0 Å². The molecule has 0 saturated heterocycles. The highest BCUT2D eigenvalue weighted by molar-refractivity contribution is 6.73. The first-order valence-corrected chi connectivity index (χ1v) is 11.0. The van der Waals surface area contributed by atoms with Crippen molar-refractivity contribution in [2.75, 3.05) is 6.67 Å². The maximum absolute atomic E-state index is 14.4. The zero-order chi connectivity index (χ0) is 12.4. The van der Waals surface area contributed by atoms with Gasteiger partial charge >= 0.3 is 0 Å². The lowest BCUT2D eigenvalue weighted by Gasteiger charge is -2.21. The van der Waals surface area contributed by atoms with E-state index in [2.05, 4.69) is 0 Å². The van der Waals surface area contributed by atoms with Crippen molar-refractivity contribution in [1.82, 2.24) is 0 Å². The van der Waals surface area contributed by atoms with Crippen LogP contribution in [0.2, 0.25) is 30.2 Å². The summed E-state index contributed by atoms with van der Waals surface area (Å²) in [5.74, 6) is 0. The number of alkyl halides is 2. The average Bonchev–Trinajstić information content (AvgIpc) is 2.25. The Morgan fingerprint density at radius 1 is 1.12 bits per heavy atom. The van der Waals surface area contributed by atoms with Crippen LogP contribution in [0.1, 0.15) is 26.7 Å². The molecule has 0 fully saturated rings. The van der Waals surface area contributed by atoms with Crippen molar-refractivity contribution < 1.29 is 12.9 Å². The predicted octanol–water partition coefficient (Wildman–Crippen LogP) is 4.03. The lowest BCUT2D eigenvalue weighted by atomic mass is 10.5. The molecule has 98 valence electrons. The van der Waals surface area contributed by atoms with Crippen LogP contribution in [0.15, 0.2) is 0 Å². The zero-order valence-corrected chi connectivity index (χ0v) is 13.0. The van der Waals surface area contributed by atoms with Gasteiger partial charge < -0.3 is 4.11 Å². The highest BCUT2D eigenvalue weighted by Crippen LogP contribution is 2.27. The summed E-state index contributed by atoms with van der Waals surface area (Å²) in [5.41, 5.74) is 0. The first-order chi connectivity index (χ1) is 7.58. The second-order valence-corrected chi connectivity index (χ2v) is 10.4.